The van der Waals surface area contributed by atoms with E-state index in [1.807, 2.05) is 86.9 Å². The number of carbonyl (C=O) groups is 1. The monoisotopic (exact) mass is 1010 g/mol. The Bertz CT molecular complexity index is 3350. The molecule has 2 atom stereocenters. The molecule has 0 spiro atoms. The van der Waals surface area contributed by atoms with Crippen LogP contribution < -0.4 is 20.9 Å². The third kappa shape index (κ3) is 10.2. The number of aromatic nitrogens is 10. The number of likely N-dealkylation sites (N-methyl/N-ethyl adjacent to an activating group) is 1. The number of piperazine rings is 1. The van der Waals surface area contributed by atoms with Crippen LogP contribution in [0.15, 0.2) is 73.3 Å². The van der Waals surface area contributed by atoms with Crippen LogP contribution in [-0.4, -0.2) is 117 Å². The summed E-state index contributed by atoms with van der Waals surface area (Å²) in [4.78, 5) is 53.1. The summed E-state index contributed by atoms with van der Waals surface area (Å²) in [7, 11) is 0. The van der Waals surface area contributed by atoms with Gasteiger partial charge in [-0.1, -0.05) is 13.0 Å². The molecule has 0 radical (unpaired) electrons. The van der Waals surface area contributed by atoms with Gasteiger partial charge in [0.1, 0.15) is 45.7 Å². The Morgan fingerprint density at radius 1 is 0.649 bits per heavy atom. The number of benzene rings is 2. The molecule has 0 saturated carbocycles. The van der Waals surface area contributed by atoms with Crippen molar-refractivity contribution in [2.24, 2.45) is 11.8 Å². The van der Waals surface area contributed by atoms with Gasteiger partial charge in [0.15, 0.2) is 23.3 Å². The second kappa shape index (κ2) is 20.7. The number of amides is 1. The predicted octanol–water partition coefficient (Wildman–Crippen LogP) is 8.92. The van der Waals surface area contributed by atoms with Crippen molar-refractivity contribution < 1.29 is 22.4 Å². The number of hydrogen-bond acceptors (Lipinski definition) is 14. The minimum absolute atomic E-state index is 0.0105. The fraction of sp³-hybridized carbons (Fsp3) is 0.377. The molecule has 9 heterocycles. The lowest BCUT2D eigenvalue weighted by molar-refractivity contribution is -0.136. The molecule has 2 aromatic carbocycles. The summed E-state index contributed by atoms with van der Waals surface area (Å²) in [6, 6.07) is 13.6. The van der Waals surface area contributed by atoms with Gasteiger partial charge in [0.05, 0.1) is 41.9 Å². The summed E-state index contributed by atoms with van der Waals surface area (Å²) >= 11 is 0. The molecule has 3 aliphatic rings. The van der Waals surface area contributed by atoms with E-state index in [0.29, 0.717) is 71.4 Å². The predicted molar refractivity (Wildman–Crippen MR) is 276 cm³/mol. The SMILES string of the molecule is CCN1CCN(Cc2ccc(Nc3ncc(F)c(-c4cc(F)c5nc(C)n(C(C)C)c5c4)n3)nc2)C(=O)C1.Cc1nc2c(F)cc(-c3nc(Nc4ccc(N5CC6CNCC6C5)cn4)ncc3F)cc2n1C(C)C. The molecule has 3 fully saturated rings. The van der Waals surface area contributed by atoms with E-state index < -0.39 is 23.3 Å². The van der Waals surface area contributed by atoms with Crippen LogP contribution in [0.3, 0.4) is 0 Å². The summed E-state index contributed by atoms with van der Waals surface area (Å²) in [5, 5.41) is 9.48. The Morgan fingerprint density at radius 3 is 1.64 bits per heavy atom. The molecule has 17 nitrogen and oxygen atoms in total. The van der Waals surface area contributed by atoms with Gasteiger partial charge in [0.25, 0.3) is 0 Å². The highest BCUT2D eigenvalue weighted by molar-refractivity contribution is 5.84. The minimum Gasteiger partial charge on any atom is -0.370 e. The Morgan fingerprint density at radius 2 is 1.18 bits per heavy atom. The standard InChI is InChI=1S/C27H30F2N8O.C26H28F2N8/c1-5-35-8-9-36(24(38)15-35)14-18-6-7-23(30-12-18)33-27-31-13-21(29)25(34-27)19-10-20(28)26-22(11-19)37(16(2)3)17(4)32-26;1-14(2)36-15(3)32-25-20(27)6-16(7-22(25)36)24-21(28)11-31-26(34-24)33-23-5-4-19(10-30-23)35-12-17-8-29-9-18(17)13-35/h6-7,10-13,16H,5,8-9,14-15H2,1-4H3,(H,30,31,33,34);4-7,10-11,14,17-18,29H,8-9,12-13H2,1-3H3,(H,30,31,33,34). The van der Waals surface area contributed by atoms with Crippen molar-refractivity contribution in [1.82, 2.24) is 64.1 Å². The molecule has 384 valence electrons. The number of rotatable bonds is 12. The van der Waals surface area contributed by atoms with Gasteiger partial charge in [-0.05, 0) is 108 Å². The van der Waals surface area contributed by atoms with Crippen LogP contribution in [0.25, 0.3) is 44.6 Å². The number of imidazole rings is 2. The third-order valence-corrected chi connectivity index (χ3v) is 13.9. The smallest absolute Gasteiger partial charge is 0.237 e. The summed E-state index contributed by atoms with van der Waals surface area (Å²) in [6.07, 6.45) is 5.65. The van der Waals surface area contributed by atoms with E-state index in [1.54, 1.807) is 24.4 Å². The highest BCUT2D eigenvalue weighted by atomic mass is 19.1. The number of halogens is 4. The first-order valence-electron chi connectivity index (χ1n) is 24.9. The number of carbonyl (C=O) groups excluding carboxylic acids is 1. The minimum atomic E-state index is -0.669. The van der Waals surface area contributed by atoms with Crippen molar-refractivity contribution >= 4 is 57.2 Å². The maximum absolute atomic E-state index is 14.9. The van der Waals surface area contributed by atoms with Crippen LogP contribution in [0.4, 0.5) is 46.8 Å². The van der Waals surface area contributed by atoms with Crippen molar-refractivity contribution in [2.75, 3.05) is 67.9 Å². The molecule has 6 aromatic heterocycles. The zero-order chi connectivity index (χ0) is 51.9. The lowest BCUT2D eigenvalue weighted by atomic mass is 10.0. The van der Waals surface area contributed by atoms with Gasteiger partial charge < -0.3 is 34.9 Å². The van der Waals surface area contributed by atoms with Crippen molar-refractivity contribution in [3.05, 3.63) is 114 Å². The number of hydrogen-bond donors (Lipinski definition) is 3. The van der Waals surface area contributed by atoms with Crippen molar-refractivity contribution in [2.45, 2.75) is 67.1 Å². The molecular weight excluding hydrogens is 953 g/mol. The molecule has 3 saturated heterocycles. The Labute approximate surface area is 425 Å². The molecule has 3 N–H and O–H groups in total. The second-order valence-electron chi connectivity index (χ2n) is 19.6. The molecule has 2 unspecified atom stereocenters. The maximum Gasteiger partial charge on any atom is 0.237 e. The van der Waals surface area contributed by atoms with Crippen LogP contribution >= 0.6 is 0 Å². The first-order valence-corrected chi connectivity index (χ1v) is 24.9. The van der Waals surface area contributed by atoms with Gasteiger partial charge in [-0.15, -0.1) is 0 Å². The molecule has 74 heavy (non-hydrogen) atoms. The lowest BCUT2D eigenvalue weighted by Crippen LogP contribution is -2.49. The molecule has 0 bridgehead atoms. The first-order chi connectivity index (χ1) is 35.6. The van der Waals surface area contributed by atoms with E-state index >= 15 is 0 Å². The van der Waals surface area contributed by atoms with Gasteiger partial charge >= 0.3 is 0 Å². The number of nitrogens with one attached hydrogen (secondary N) is 3. The lowest BCUT2D eigenvalue weighted by Gasteiger charge is -2.33. The zero-order valence-corrected chi connectivity index (χ0v) is 42.3. The van der Waals surface area contributed by atoms with Crippen LogP contribution in [0.2, 0.25) is 0 Å². The van der Waals surface area contributed by atoms with Gasteiger partial charge in [0.2, 0.25) is 17.8 Å². The Hall–Kier alpha value is -7.65. The largest absolute Gasteiger partial charge is 0.370 e. The van der Waals surface area contributed by atoms with E-state index in [1.165, 1.54) is 12.1 Å². The van der Waals surface area contributed by atoms with E-state index in [4.69, 9.17) is 0 Å². The number of anilines is 5. The number of nitrogens with zero attached hydrogens (tertiary/aromatic N) is 13. The third-order valence-electron chi connectivity index (χ3n) is 13.9. The molecule has 21 heteroatoms. The summed E-state index contributed by atoms with van der Waals surface area (Å²) < 4.78 is 63.3. The van der Waals surface area contributed by atoms with E-state index in [-0.39, 0.29) is 57.9 Å². The number of fused-ring (bicyclic) bond motifs is 3. The highest BCUT2D eigenvalue weighted by Crippen LogP contribution is 2.34. The van der Waals surface area contributed by atoms with E-state index in [0.717, 1.165) is 62.9 Å². The number of aryl methyl sites for hydroxylation is 2. The van der Waals surface area contributed by atoms with E-state index in [9.17, 15) is 22.4 Å². The van der Waals surface area contributed by atoms with Crippen LogP contribution in [0, 0.1) is 49.0 Å². The topological polar surface area (TPSA) is 176 Å². The van der Waals surface area contributed by atoms with Gasteiger partial charge in [-0.25, -0.2) is 57.4 Å². The summed E-state index contributed by atoms with van der Waals surface area (Å²) in [5.74, 6) is 1.83. The average Bonchev–Trinajstić information content (AvgIpc) is 4.16. The molecular formula is C53H58F4N16O. The maximum atomic E-state index is 14.9. The Kier molecular flexibility index (Phi) is 14.0. The van der Waals surface area contributed by atoms with Crippen molar-refractivity contribution in [1.29, 1.82) is 0 Å². The first kappa shape index (κ1) is 49.9. The summed E-state index contributed by atoms with van der Waals surface area (Å²) in [6.45, 7) is 21.2. The average molecular weight is 1010 g/mol. The molecule has 8 aromatic rings. The highest BCUT2D eigenvalue weighted by Gasteiger charge is 2.36. The normalized spacial score (nSPS) is 17.0. The van der Waals surface area contributed by atoms with Crippen LogP contribution in [0.1, 0.15) is 63.9 Å². The molecule has 11 rings (SSSR count). The fourth-order valence-corrected chi connectivity index (χ4v) is 10.3. The van der Waals surface area contributed by atoms with Crippen LogP contribution in [-0.2, 0) is 11.3 Å². The van der Waals surface area contributed by atoms with Gasteiger partial charge in [-0.2, -0.15) is 0 Å². The van der Waals surface area contributed by atoms with Crippen molar-refractivity contribution in [3.63, 3.8) is 0 Å². The van der Waals surface area contributed by atoms with Gasteiger partial charge in [0, 0.05) is 75.2 Å². The zero-order valence-electron chi connectivity index (χ0n) is 42.3. The van der Waals surface area contributed by atoms with E-state index in [2.05, 4.69) is 65.6 Å². The second-order valence-corrected chi connectivity index (χ2v) is 19.6. The quantitative estimate of drug-likeness (QED) is 0.0990. The summed E-state index contributed by atoms with van der Waals surface area (Å²) in [5.41, 5.74) is 4.25. The van der Waals surface area contributed by atoms with Crippen LogP contribution in [0.5, 0.6) is 0 Å². The molecule has 3 aliphatic heterocycles. The van der Waals surface area contributed by atoms with Gasteiger partial charge in [-0.3, -0.25) is 9.69 Å². The molecule has 0 aliphatic carbocycles. The molecule has 1 amide bonds. The fourth-order valence-electron chi connectivity index (χ4n) is 10.3. The van der Waals surface area contributed by atoms with Crippen molar-refractivity contribution in [3.8, 4) is 22.5 Å². The Balaban J connectivity index is 0.000000169. The number of pyridine rings is 2.